The van der Waals surface area contributed by atoms with E-state index in [4.69, 9.17) is 4.42 Å². The number of hydrogen-bond acceptors (Lipinski definition) is 4. The van der Waals surface area contributed by atoms with Crippen LogP contribution < -0.4 is 5.32 Å². The lowest BCUT2D eigenvalue weighted by molar-refractivity contribution is -0.121. The Morgan fingerprint density at radius 1 is 1.23 bits per heavy atom. The molecule has 0 fully saturated rings. The van der Waals surface area contributed by atoms with Gasteiger partial charge in [0.05, 0.1) is 23.0 Å². The molecule has 1 aliphatic rings. The van der Waals surface area contributed by atoms with E-state index in [0.29, 0.717) is 29.7 Å². The number of carbonyl (C=O) groups excluding carboxylic acids is 1. The molecule has 0 saturated carbocycles. The molecule has 2 aromatic rings. The fourth-order valence-corrected chi connectivity index (χ4v) is 4.32. The highest BCUT2D eigenvalue weighted by Crippen LogP contribution is 2.31. The van der Waals surface area contributed by atoms with Crippen LogP contribution in [0.15, 0.2) is 52.0 Å². The lowest BCUT2D eigenvalue weighted by Gasteiger charge is -2.26. The van der Waals surface area contributed by atoms with Crippen molar-refractivity contribution in [2.45, 2.75) is 30.2 Å². The number of hydrogen-bond donors (Lipinski definition) is 1. The Morgan fingerprint density at radius 2 is 2.05 bits per heavy atom. The topological polar surface area (TPSA) is 76.4 Å². The highest BCUT2D eigenvalue weighted by molar-refractivity contribution is 7.91. The quantitative estimate of drug-likeness (QED) is 0.937. The molecule has 116 valence electrons. The molecule has 1 aromatic heterocycles. The Bertz CT molecular complexity index is 765. The van der Waals surface area contributed by atoms with Crippen molar-refractivity contribution in [3.05, 3.63) is 54.0 Å². The van der Waals surface area contributed by atoms with Gasteiger partial charge < -0.3 is 9.73 Å². The van der Waals surface area contributed by atoms with E-state index in [2.05, 4.69) is 5.32 Å². The lowest BCUT2D eigenvalue weighted by Crippen LogP contribution is -2.33. The van der Waals surface area contributed by atoms with Crippen molar-refractivity contribution in [3.8, 4) is 0 Å². The molecule has 1 atom stereocenters. The minimum Gasteiger partial charge on any atom is -0.469 e. The Balaban J connectivity index is 1.69. The van der Waals surface area contributed by atoms with Gasteiger partial charge in [0.25, 0.3) is 0 Å². The third kappa shape index (κ3) is 3.06. The summed E-state index contributed by atoms with van der Waals surface area (Å²) in [6, 6.07) is 10.2. The Hall–Kier alpha value is -2.08. The summed E-state index contributed by atoms with van der Waals surface area (Å²) in [4.78, 5) is 12.4. The largest absolute Gasteiger partial charge is 0.469 e. The van der Waals surface area contributed by atoms with Crippen molar-refractivity contribution < 1.29 is 17.6 Å². The summed E-state index contributed by atoms with van der Waals surface area (Å²) >= 11 is 0. The fourth-order valence-electron chi connectivity index (χ4n) is 2.70. The average Bonchev–Trinajstić information content (AvgIpc) is 3.02. The van der Waals surface area contributed by atoms with Crippen molar-refractivity contribution in [1.29, 1.82) is 0 Å². The number of sulfone groups is 1. The molecule has 0 saturated heterocycles. The number of fused-ring (bicyclic) bond motifs is 1. The SMILES string of the molecule is O=C(CCc1ccco1)N[C@@H]1CCS(=O)(=O)c2ccccc21. The standard InChI is InChI=1S/C16H17NO4S/c18-16(8-7-12-4-3-10-21-12)17-14-9-11-22(19,20)15-6-2-1-5-13(14)15/h1-6,10,14H,7-9,11H2,(H,17,18)/t14-/m1/s1. The van der Waals surface area contributed by atoms with Crippen molar-refractivity contribution >= 4 is 15.7 Å². The molecular weight excluding hydrogens is 302 g/mol. The second-order valence-electron chi connectivity index (χ2n) is 5.34. The van der Waals surface area contributed by atoms with Crippen molar-refractivity contribution in [2.75, 3.05) is 5.75 Å². The molecule has 0 bridgehead atoms. The first-order valence-corrected chi connectivity index (χ1v) is 8.85. The first kappa shape index (κ1) is 14.8. The van der Waals surface area contributed by atoms with E-state index in [-0.39, 0.29) is 17.7 Å². The van der Waals surface area contributed by atoms with Gasteiger partial charge in [0.1, 0.15) is 5.76 Å². The summed E-state index contributed by atoms with van der Waals surface area (Å²) in [5.41, 5.74) is 0.681. The number of nitrogens with one attached hydrogen (secondary N) is 1. The van der Waals surface area contributed by atoms with Crippen molar-refractivity contribution in [2.24, 2.45) is 0 Å². The van der Waals surface area contributed by atoms with Crippen LogP contribution in [0.2, 0.25) is 0 Å². The van der Waals surface area contributed by atoms with E-state index in [1.54, 1.807) is 36.6 Å². The summed E-state index contributed by atoms with van der Waals surface area (Å²) in [6.45, 7) is 0. The van der Waals surface area contributed by atoms with Crippen LogP contribution in [-0.4, -0.2) is 20.1 Å². The number of rotatable bonds is 4. The Morgan fingerprint density at radius 3 is 2.82 bits per heavy atom. The first-order valence-electron chi connectivity index (χ1n) is 7.20. The molecular formula is C16H17NO4S. The summed E-state index contributed by atoms with van der Waals surface area (Å²) in [6.07, 6.45) is 2.84. The van der Waals surface area contributed by atoms with Gasteiger partial charge in [-0.15, -0.1) is 0 Å². The smallest absolute Gasteiger partial charge is 0.220 e. The highest BCUT2D eigenvalue weighted by atomic mass is 32.2. The van der Waals surface area contributed by atoms with E-state index >= 15 is 0 Å². The van der Waals surface area contributed by atoms with Gasteiger partial charge in [-0.1, -0.05) is 18.2 Å². The minimum atomic E-state index is -3.22. The third-order valence-electron chi connectivity index (χ3n) is 3.82. The maximum absolute atomic E-state index is 12.1. The van der Waals surface area contributed by atoms with Crippen LogP contribution in [0.4, 0.5) is 0 Å². The summed E-state index contributed by atoms with van der Waals surface area (Å²) in [5, 5.41) is 2.93. The molecule has 0 spiro atoms. The molecule has 6 heteroatoms. The van der Waals surface area contributed by atoms with Gasteiger partial charge in [-0.05, 0) is 30.2 Å². The number of amides is 1. The molecule has 0 aliphatic carbocycles. The van der Waals surface area contributed by atoms with Crippen LogP contribution in [-0.2, 0) is 21.1 Å². The average molecular weight is 319 g/mol. The molecule has 1 aromatic carbocycles. The molecule has 22 heavy (non-hydrogen) atoms. The summed E-state index contributed by atoms with van der Waals surface area (Å²) < 4.78 is 29.3. The molecule has 3 rings (SSSR count). The Labute approximate surface area is 129 Å². The summed E-state index contributed by atoms with van der Waals surface area (Å²) in [7, 11) is -3.22. The predicted molar refractivity (Wildman–Crippen MR) is 81.0 cm³/mol. The maximum Gasteiger partial charge on any atom is 0.220 e. The molecule has 2 heterocycles. The number of furan rings is 1. The van der Waals surface area contributed by atoms with E-state index in [1.165, 1.54) is 0 Å². The number of aryl methyl sites for hydroxylation is 1. The summed E-state index contributed by atoms with van der Waals surface area (Å²) in [5.74, 6) is 0.727. The number of benzene rings is 1. The second-order valence-corrected chi connectivity index (χ2v) is 7.42. The normalized spacial score (nSPS) is 19.4. The van der Waals surface area contributed by atoms with Gasteiger partial charge in [-0.25, -0.2) is 8.42 Å². The molecule has 0 radical (unpaired) electrons. The molecule has 5 nitrogen and oxygen atoms in total. The van der Waals surface area contributed by atoms with Crippen molar-refractivity contribution in [1.82, 2.24) is 5.32 Å². The predicted octanol–water partition coefficient (Wildman–Crippen LogP) is 2.25. The van der Waals surface area contributed by atoms with E-state index in [9.17, 15) is 13.2 Å². The van der Waals surface area contributed by atoms with Gasteiger partial charge in [-0.2, -0.15) is 0 Å². The van der Waals surface area contributed by atoms with Crippen LogP contribution in [0.1, 0.15) is 30.2 Å². The van der Waals surface area contributed by atoms with Crippen molar-refractivity contribution in [3.63, 3.8) is 0 Å². The van der Waals surface area contributed by atoms with Gasteiger partial charge >= 0.3 is 0 Å². The highest BCUT2D eigenvalue weighted by Gasteiger charge is 2.30. The second kappa shape index (κ2) is 5.96. The molecule has 1 N–H and O–H groups in total. The molecule has 1 aliphatic heterocycles. The monoisotopic (exact) mass is 319 g/mol. The zero-order chi connectivity index (χ0) is 15.6. The van der Waals surface area contributed by atoms with Crippen LogP contribution >= 0.6 is 0 Å². The third-order valence-corrected chi connectivity index (χ3v) is 5.63. The zero-order valence-electron chi connectivity index (χ0n) is 12.0. The first-order chi connectivity index (χ1) is 10.6. The van der Waals surface area contributed by atoms with Gasteiger partial charge in [-0.3, -0.25) is 4.79 Å². The molecule has 0 unspecified atom stereocenters. The maximum atomic E-state index is 12.1. The minimum absolute atomic E-state index is 0.0626. The van der Waals surface area contributed by atoms with Gasteiger partial charge in [0.15, 0.2) is 9.84 Å². The zero-order valence-corrected chi connectivity index (χ0v) is 12.8. The van der Waals surface area contributed by atoms with Crippen LogP contribution in [0, 0.1) is 0 Å². The molecule has 1 amide bonds. The van der Waals surface area contributed by atoms with Crippen LogP contribution in [0.25, 0.3) is 0 Å². The van der Waals surface area contributed by atoms with Crippen LogP contribution in [0.5, 0.6) is 0 Å². The van der Waals surface area contributed by atoms with E-state index in [1.807, 2.05) is 6.07 Å². The van der Waals surface area contributed by atoms with Gasteiger partial charge in [0, 0.05) is 12.8 Å². The fraction of sp³-hybridized carbons (Fsp3) is 0.312. The van der Waals surface area contributed by atoms with E-state index < -0.39 is 9.84 Å². The van der Waals surface area contributed by atoms with E-state index in [0.717, 1.165) is 5.76 Å². The Kier molecular flexibility index (Phi) is 4.02. The number of carbonyl (C=O) groups is 1. The lowest BCUT2D eigenvalue weighted by atomic mass is 10.0. The van der Waals surface area contributed by atoms with Crippen LogP contribution in [0.3, 0.4) is 0 Å². The van der Waals surface area contributed by atoms with Gasteiger partial charge in [0.2, 0.25) is 5.91 Å².